The molecule has 0 aliphatic heterocycles. The predicted octanol–water partition coefficient (Wildman–Crippen LogP) is 3.51. The average Bonchev–Trinajstić information content (AvgIpc) is 2.97. The molecule has 2 nitrogen and oxygen atoms in total. The first kappa shape index (κ1) is 13.0. The number of fused-ring (bicyclic) bond motifs is 1. The van der Waals surface area contributed by atoms with E-state index >= 15 is 0 Å². The molecule has 1 heterocycles. The molecule has 2 unspecified atom stereocenters. The number of thiazole rings is 1. The van der Waals surface area contributed by atoms with E-state index in [1.54, 1.807) is 11.3 Å². The van der Waals surface area contributed by atoms with Crippen LogP contribution >= 0.6 is 11.3 Å². The van der Waals surface area contributed by atoms with Crippen LogP contribution in [0.2, 0.25) is 0 Å². The molecule has 0 fully saturated rings. The second-order valence-corrected chi connectivity index (χ2v) is 7.59. The number of hydrogen-bond donors (Lipinski definition) is 0. The molecule has 0 amide bonds. The van der Waals surface area contributed by atoms with Crippen molar-refractivity contribution in [3.8, 4) is 0 Å². The summed E-state index contributed by atoms with van der Waals surface area (Å²) in [5.74, 6) is 0.751. The van der Waals surface area contributed by atoms with Crippen molar-refractivity contribution >= 4 is 22.1 Å². The topological polar surface area (TPSA) is 30.0 Å². The fourth-order valence-corrected chi connectivity index (χ4v) is 5.07. The van der Waals surface area contributed by atoms with Crippen LogP contribution in [0.4, 0.5) is 0 Å². The summed E-state index contributed by atoms with van der Waals surface area (Å²) in [5, 5.41) is 0.234. The highest BCUT2D eigenvalue weighted by Crippen LogP contribution is 2.34. The highest BCUT2D eigenvalue weighted by atomic mass is 32.2. The Labute approximate surface area is 120 Å². The standard InChI is InChI=1S/C15H17NOS2/c17-19(9-8-13-10-16-11-18-13)15-7-3-5-12-4-1-2-6-14(12)15/h1-2,4,6,10-11,15H,3,5,7-9H2. The van der Waals surface area contributed by atoms with Crippen LogP contribution in [0.25, 0.3) is 0 Å². The van der Waals surface area contributed by atoms with E-state index in [4.69, 9.17) is 0 Å². The number of nitrogens with zero attached hydrogens (tertiary/aromatic N) is 1. The first-order valence-electron chi connectivity index (χ1n) is 6.67. The van der Waals surface area contributed by atoms with Crippen molar-refractivity contribution < 1.29 is 4.21 Å². The van der Waals surface area contributed by atoms with E-state index < -0.39 is 10.8 Å². The molecular weight excluding hydrogens is 274 g/mol. The van der Waals surface area contributed by atoms with Crippen LogP contribution in [0.3, 0.4) is 0 Å². The minimum absolute atomic E-state index is 0.234. The van der Waals surface area contributed by atoms with Gasteiger partial charge in [-0.3, -0.25) is 9.19 Å². The fraction of sp³-hybridized carbons (Fsp3) is 0.400. The predicted molar refractivity (Wildman–Crippen MR) is 80.9 cm³/mol. The van der Waals surface area contributed by atoms with Crippen LogP contribution in [0, 0.1) is 0 Å². The number of aryl methyl sites for hydroxylation is 2. The minimum Gasteiger partial charge on any atom is -0.259 e. The minimum atomic E-state index is -0.774. The maximum atomic E-state index is 12.6. The highest BCUT2D eigenvalue weighted by Gasteiger charge is 2.24. The highest BCUT2D eigenvalue weighted by molar-refractivity contribution is 7.85. The molecule has 100 valence electrons. The van der Waals surface area contributed by atoms with E-state index in [1.165, 1.54) is 16.0 Å². The lowest BCUT2D eigenvalue weighted by atomic mass is 9.91. The van der Waals surface area contributed by atoms with Crippen LogP contribution in [-0.4, -0.2) is 14.9 Å². The number of benzene rings is 1. The molecular formula is C15H17NOS2. The lowest BCUT2D eigenvalue weighted by molar-refractivity contribution is 0.629. The number of hydrogen-bond acceptors (Lipinski definition) is 3. The molecule has 0 saturated heterocycles. The van der Waals surface area contributed by atoms with Gasteiger partial charge in [-0.2, -0.15) is 0 Å². The van der Waals surface area contributed by atoms with Gasteiger partial charge in [0.25, 0.3) is 0 Å². The third kappa shape index (κ3) is 2.95. The molecule has 0 N–H and O–H groups in total. The Kier molecular flexibility index (Phi) is 4.09. The Morgan fingerprint density at radius 2 is 2.26 bits per heavy atom. The Balaban J connectivity index is 1.71. The molecule has 0 radical (unpaired) electrons. The van der Waals surface area contributed by atoms with E-state index in [9.17, 15) is 4.21 Å². The summed E-state index contributed by atoms with van der Waals surface area (Å²) >= 11 is 1.65. The molecule has 4 heteroatoms. The van der Waals surface area contributed by atoms with E-state index in [0.717, 1.165) is 31.4 Å². The zero-order chi connectivity index (χ0) is 13.1. The fourth-order valence-electron chi connectivity index (χ4n) is 2.69. The Hall–Kier alpha value is -1.00. The smallest absolute Gasteiger partial charge is 0.0794 e. The lowest BCUT2D eigenvalue weighted by Crippen LogP contribution is -2.17. The second kappa shape index (κ2) is 5.97. The normalized spacial score (nSPS) is 19.9. The maximum absolute atomic E-state index is 12.6. The number of aromatic nitrogens is 1. The lowest BCUT2D eigenvalue weighted by Gasteiger charge is -2.24. The van der Waals surface area contributed by atoms with Gasteiger partial charge in [-0.15, -0.1) is 11.3 Å². The Morgan fingerprint density at radius 1 is 1.37 bits per heavy atom. The van der Waals surface area contributed by atoms with Crippen molar-refractivity contribution in [2.45, 2.75) is 30.9 Å². The van der Waals surface area contributed by atoms with Gasteiger partial charge in [-0.05, 0) is 36.8 Å². The molecule has 0 spiro atoms. The molecule has 3 rings (SSSR count). The largest absolute Gasteiger partial charge is 0.259 e. The van der Waals surface area contributed by atoms with Gasteiger partial charge in [0.15, 0.2) is 0 Å². The molecule has 19 heavy (non-hydrogen) atoms. The second-order valence-electron chi connectivity index (χ2n) is 4.88. The molecule has 0 bridgehead atoms. The average molecular weight is 291 g/mol. The summed E-state index contributed by atoms with van der Waals surface area (Å²) in [6.07, 6.45) is 6.13. The summed E-state index contributed by atoms with van der Waals surface area (Å²) in [7, 11) is -0.774. The third-order valence-electron chi connectivity index (χ3n) is 3.66. The molecule has 2 atom stereocenters. The van der Waals surface area contributed by atoms with Crippen LogP contribution in [0.15, 0.2) is 36.0 Å². The SMILES string of the molecule is O=S(CCc1cncs1)C1CCCc2ccccc21. The van der Waals surface area contributed by atoms with Gasteiger partial charge in [-0.1, -0.05) is 24.3 Å². The number of rotatable bonds is 4. The quantitative estimate of drug-likeness (QED) is 0.863. The summed E-state index contributed by atoms with van der Waals surface area (Å²) < 4.78 is 12.6. The van der Waals surface area contributed by atoms with Gasteiger partial charge in [-0.25, -0.2) is 0 Å². The van der Waals surface area contributed by atoms with Gasteiger partial charge < -0.3 is 0 Å². The van der Waals surface area contributed by atoms with Gasteiger partial charge in [0.2, 0.25) is 0 Å². The molecule has 0 saturated carbocycles. The molecule has 1 aromatic heterocycles. The van der Waals surface area contributed by atoms with Crippen molar-refractivity contribution in [2.24, 2.45) is 0 Å². The van der Waals surface area contributed by atoms with Crippen LogP contribution in [-0.2, 0) is 23.6 Å². The molecule has 1 aliphatic rings. The summed E-state index contributed by atoms with van der Waals surface area (Å²) in [6.45, 7) is 0. The summed E-state index contributed by atoms with van der Waals surface area (Å²) in [5.41, 5.74) is 4.55. The van der Waals surface area contributed by atoms with Gasteiger partial charge in [0, 0.05) is 27.6 Å². The molecule has 1 aromatic carbocycles. The van der Waals surface area contributed by atoms with E-state index in [-0.39, 0.29) is 5.25 Å². The molecule has 2 aromatic rings. The zero-order valence-corrected chi connectivity index (χ0v) is 12.4. The maximum Gasteiger partial charge on any atom is 0.0794 e. The Morgan fingerprint density at radius 3 is 3.11 bits per heavy atom. The van der Waals surface area contributed by atoms with E-state index in [0.29, 0.717) is 0 Å². The van der Waals surface area contributed by atoms with Crippen LogP contribution in [0.1, 0.15) is 34.1 Å². The first-order chi connectivity index (χ1) is 9.34. The zero-order valence-electron chi connectivity index (χ0n) is 10.7. The Bertz CT molecular complexity index is 565. The summed E-state index contributed by atoms with van der Waals surface area (Å²) in [6, 6.07) is 8.49. The van der Waals surface area contributed by atoms with Gasteiger partial charge in [0.1, 0.15) is 0 Å². The van der Waals surface area contributed by atoms with E-state index in [1.807, 2.05) is 11.7 Å². The monoisotopic (exact) mass is 291 g/mol. The van der Waals surface area contributed by atoms with Crippen molar-refractivity contribution in [1.29, 1.82) is 0 Å². The third-order valence-corrected chi connectivity index (χ3v) is 6.24. The van der Waals surface area contributed by atoms with Crippen LogP contribution < -0.4 is 0 Å². The molecule has 1 aliphatic carbocycles. The van der Waals surface area contributed by atoms with Crippen molar-refractivity contribution in [1.82, 2.24) is 4.98 Å². The first-order valence-corrected chi connectivity index (χ1v) is 8.93. The summed E-state index contributed by atoms with van der Waals surface area (Å²) in [4.78, 5) is 5.30. The van der Waals surface area contributed by atoms with E-state index in [2.05, 4.69) is 29.2 Å². The van der Waals surface area contributed by atoms with Crippen molar-refractivity contribution in [3.63, 3.8) is 0 Å². The van der Waals surface area contributed by atoms with Gasteiger partial charge >= 0.3 is 0 Å². The van der Waals surface area contributed by atoms with Crippen molar-refractivity contribution in [2.75, 3.05) is 5.75 Å². The van der Waals surface area contributed by atoms with Gasteiger partial charge in [0.05, 0.1) is 10.8 Å². The van der Waals surface area contributed by atoms with Crippen LogP contribution in [0.5, 0.6) is 0 Å². The van der Waals surface area contributed by atoms with Crippen molar-refractivity contribution in [3.05, 3.63) is 52.0 Å².